The lowest BCUT2D eigenvalue weighted by Crippen LogP contribution is -2.19. The summed E-state index contributed by atoms with van der Waals surface area (Å²) in [4.78, 5) is 12.3. The number of nitrogens with zero attached hydrogens (tertiary/aromatic N) is 4. The van der Waals surface area contributed by atoms with Gasteiger partial charge in [0.1, 0.15) is 5.69 Å². The number of nitrogens with two attached hydrogens (primary N) is 1. The Morgan fingerprint density at radius 2 is 2.17 bits per heavy atom. The number of carbonyl (C=O) groups excluding carboxylic acids is 1. The SMILES string of the molecule is Cc1nn(C(=O)c2ccnn2C)c(C)c1CCN. The maximum absolute atomic E-state index is 12.3. The normalized spacial score (nSPS) is 10.9. The van der Waals surface area contributed by atoms with Gasteiger partial charge in [0.25, 0.3) is 5.91 Å². The highest BCUT2D eigenvalue weighted by atomic mass is 16.2. The van der Waals surface area contributed by atoms with Crippen molar-refractivity contribution in [2.45, 2.75) is 20.3 Å². The molecule has 6 heteroatoms. The fourth-order valence-electron chi connectivity index (χ4n) is 2.07. The monoisotopic (exact) mass is 247 g/mol. The predicted octanol–water partition coefficient (Wildman–Crippen LogP) is 0.423. The number of aromatic nitrogens is 4. The summed E-state index contributed by atoms with van der Waals surface area (Å²) in [6.07, 6.45) is 2.33. The van der Waals surface area contributed by atoms with E-state index >= 15 is 0 Å². The minimum atomic E-state index is -0.168. The molecule has 2 N–H and O–H groups in total. The van der Waals surface area contributed by atoms with Gasteiger partial charge in [-0.1, -0.05) is 0 Å². The Morgan fingerprint density at radius 1 is 1.44 bits per heavy atom. The van der Waals surface area contributed by atoms with Gasteiger partial charge < -0.3 is 5.73 Å². The molecule has 2 aromatic heterocycles. The zero-order chi connectivity index (χ0) is 13.3. The van der Waals surface area contributed by atoms with Gasteiger partial charge in [-0.05, 0) is 38.4 Å². The maximum atomic E-state index is 12.3. The maximum Gasteiger partial charge on any atom is 0.296 e. The predicted molar refractivity (Wildman–Crippen MR) is 67.4 cm³/mol. The van der Waals surface area contributed by atoms with E-state index in [0.717, 1.165) is 23.4 Å². The first-order valence-electron chi connectivity index (χ1n) is 5.84. The highest BCUT2D eigenvalue weighted by Crippen LogP contribution is 2.14. The van der Waals surface area contributed by atoms with E-state index in [2.05, 4.69) is 10.2 Å². The van der Waals surface area contributed by atoms with Crippen molar-refractivity contribution in [2.75, 3.05) is 6.54 Å². The molecule has 0 aromatic carbocycles. The second kappa shape index (κ2) is 4.73. The smallest absolute Gasteiger partial charge is 0.296 e. The van der Waals surface area contributed by atoms with Gasteiger partial charge in [0, 0.05) is 18.9 Å². The van der Waals surface area contributed by atoms with Crippen LogP contribution in [0, 0.1) is 13.8 Å². The van der Waals surface area contributed by atoms with Crippen LogP contribution in [0.3, 0.4) is 0 Å². The molecule has 96 valence electrons. The van der Waals surface area contributed by atoms with E-state index in [9.17, 15) is 4.79 Å². The summed E-state index contributed by atoms with van der Waals surface area (Å²) in [5.74, 6) is -0.168. The van der Waals surface area contributed by atoms with Gasteiger partial charge in [0.05, 0.1) is 5.69 Å². The molecule has 0 spiro atoms. The number of rotatable bonds is 3. The number of hydrogen-bond donors (Lipinski definition) is 1. The Labute approximate surface area is 105 Å². The van der Waals surface area contributed by atoms with Crippen LogP contribution in [0.4, 0.5) is 0 Å². The van der Waals surface area contributed by atoms with Gasteiger partial charge in [-0.2, -0.15) is 14.9 Å². The van der Waals surface area contributed by atoms with Gasteiger partial charge >= 0.3 is 0 Å². The summed E-state index contributed by atoms with van der Waals surface area (Å²) in [5, 5.41) is 8.29. The fraction of sp³-hybridized carbons (Fsp3) is 0.417. The lowest BCUT2D eigenvalue weighted by atomic mass is 10.1. The van der Waals surface area contributed by atoms with E-state index < -0.39 is 0 Å². The second-order valence-corrected chi connectivity index (χ2v) is 4.25. The molecule has 0 amide bonds. The van der Waals surface area contributed by atoms with Crippen molar-refractivity contribution in [1.29, 1.82) is 0 Å². The molecule has 2 rings (SSSR count). The zero-order valence-corrected chi connectivity index (χ0v) is 10.8. The van der Waals surface area contributed by atoms with Crippen LogP contribution in [0.2, 0.25) is 0 Å². The van der Waals surface area contributed by atoms with Crippen LogP contribution in [0.25, 0.3) is 0 Å². The van der Waals surface area contributed by atoms with Crippen molar-refractivity contribution in [3.8, 4) is 0 Å². The highest BCUT2D eigenvalue weighted by Gasteiger charge is 2.19. The zero-order valence-electron chi connectivity index (χ0n) is 10.8. The van der Waals surface area contributed by atoms with E-state index in [4.69, 9.17) is 5.73 Å². The van der Waals surface area contributed by atoms with Crippen molar-refractivity contribution in [3.63, 3.8) is 0 Å². The van der Waals surface area contributed by atoms with E-state index in [1.807, 2.05) is 13.8 Å². The van der Waals surface area contributed by atoms with Crippen LogP contribution < -0.4 is 5.73 Å². The lowest BCUT2D eigenvalue weighted by molar-refractivity contribution is 0.0932. The molecule has 2 aromatic rings. The van der Waals surface area contributed by atoms with Gasteiger partial charge in [0.15, 0.2) is 0 Å². The van der Waals surface area contributed by atoms with Gasteiger partial charge in [-0.15, -0.1) is 0 Å². The van der Waals surface area contributed by atoms with Crippen molar-refractivity contribution in [1.82, 2.24) is 19.6 Å². The number of hydrogen-bond acceptors (Lipinski definition) is 4. The molecule has 0 unspecified atom stereocenters. The standard InChI is InChI=1S/C12H17N5O/c1-8-10(4-6-13)9(2)17(15-8)12(18)11-5-7-14-16(11)3/h5,7H,4,6,13H2,1-3H3. The molecule has 0 radical (unpaired) electrons. The molecular formula is C12H17N5O. The molecule has 0 aliphatic carbocycles. The molecule has 2 heterocycles. The summed E-state index contributed by atoms with van der Waals surface area (Å²) in [5.41, 5.74) is 8.84. The quantitative estimate of drug-likeness (QED) is 0.852. The molecule has 0 aliphatic heterocycles. The molecule has 0 atom stereocenters. The Hall–Kier alpha value is -1.95. The Bertz CT molecular complexity index is 581. The Morgan fingerprint density at radius 3 is 2.72 bits per heavy atom. The Balaban J connectivity index is 2.43. The summed E-state index contributed by atoms with van der Waals surface area (Å²) < 4.78 is 2.97. The molecule has 6 nitrogen and oxygen atoms in total. The van der Waals surface area contributed by atoms with Gasteiger partial charge in [-0.3, -0.25) is 9.48 Å². The molecule has 18 heavy (non-hydrogen) atoms. The van der Waals surface area contributed by atoms with Crippen LogP contribution >= 0.6 is 0 Å². The minimum absolute atomic E-state index is 0.168. The third-order valence-corrected chi connectivity index (χ3v) is 3.07. The average Bonchev–Trinajstić information content (AvgIpc) is 2.87. The summed E-state index contributed by atoms with van der Waals surface area (Å²) >= 11 is 0. The van der Waals surface area contributed by atoms with Crippen molar-refractivity contribution >= 4 is 5.91 Å². The second-order valence-electron chi connectivity index (χ2n) is 4.25. The van der Waals surface area contributed by atoms with E-state index in [1.165, 1.54) is 4.68 Å². The van der Waals surface area contributed by atoms with E-state index in [0.29, 0.717) is 12.2 Å². The first-order valence-corrected chi connectivity index (χ1v) is 5.84. The first kappa shape index (κ1) is 12.5. The highest BCUT2D eigenvalue weighted by molar-refractivity contribution is 5.94. The number of carbonyl (C=O) groups is 1. The van der Waals surface area contributed by atoms with Gasteiger partial charge in [-0.25, -0.2) is 0 Å². The molecule has 0 saturated heterocycles. The fourth-order valence-corrected chi connectivity index (χ4v) is 2.07. The van der Waals surface area contributed by atoms with Crippen LogP contribution in [-0.4, -0.2) is 32.0 Å². The molecule has 0 aliphatic rings. The van der Waals surface area contributed by atoms with Crippen LogP contribution in [0.1, 0.15) is 27.4 Å². The topological polar surface area (TPSA) is 78.7 Å². The Kier molecular flexibility index (Phi) is 3.29. The van der Waals surface area contributed by atoms with Crippen LogP contribution in [0.15, 0.2) is 12.3 Å². The van der Waals surface area contributed by atoms with Gasteiger partial charge in [0.2, 0.25) is 0 Å². The van der Waals surface area contributed by atoms with Crippen molar-refractivity contribution in [2.24, 2.45) is 12.8 Å². The minimum Gasteiger partial charge on any atom is -0.330 e. The third kappa shape index (κ3) is 1.95. The average molecular weight is 247 g/mol. The van der Waals surface area contributed by atoms with E-state index in [1.54, 1.807) is 24.0 Å². The summed E-state index contributed by atoms with van der Waals surface area (Å²) in [6.45, 7) is 4.33. The molecule has 0 bridgehead atoms. The van der Waals surface area contributed by atoms with Crippen LogP contribution in [-0.2, 0) is 13.5 Å². The van der Waals surface area contributed by atoms with Crippen LogP contribution in [0.5, 0.6) is 0 Å². The van der Waals surface area contributed by atoms with Crippen molar-refractivity contribution in [3.05, 3.63) is 34.9 Å². The first-order chi connectivity index (χ1) is 8.56. The molecule has 0 fully saturated rings. The largest absolute Gasteiger partial charge is 0.330 e. The summed E-state index contributed by atoms with van der Waals surface area (Å²) in [7, 11) is 1.74. The lowest BCUT2D eigenvalue weighted by Gasteiger charge is -2.04. The summed E-state index contributed by atoms with van der Waals surface area (Å²) in [6, 6.07) is 1.68. The third-order valence-electron chi connectivity index (χ3n) is 3.07. The van der Waals surface area contributed by atoms with Crippen molar-refractivity contribution < 1.29 is 4.79 Å². The number of aryl methyl sites for hydroxylation is 2. The van der Waals surface area contributed by atoms with E-state index in [-0.39, 0.29) is 5.91 Å². The molecule has 0 saturated carbocycles. The molecular weight excluding hydrogens is 230 g/mol.